The summed E-state index contributed by atoms with van der Waals surface area (Å²) in [6.07, 6.45) is 2.40. The summed E-state index contributed by atoms with van der Waals surface area (Å²) in [5.74, 6) is 0. The molecule has 15 heavy (non-hydrogen) atoms. The van der Waals surface area contributed by atoms with E-state index in [-0.39, 0.29) is 5.41 Å². The Bertz CT molecular complexity index is 522. The van der Waals surface area contributed by atoms with Crippen molar-refractivity contribution in [3.63, 3.8) is 0 Å². The second kappa shape index (κ2) is 3.35. The number of imidazole rings is 1. The van der Waals surface area contributed by atoms with Crippen LogP contribution in [0.25, 0.3) is 4.96 Å². The molecule has 2 heterocycles. The number of nitriles is 1. The second-order valence-electron chi connectivity index (χ2n) is 4.55. The Morgan fingerprint density at radius 3 is 2.87 bits per heavy atom. The van der Waals surface area contributed by atoms with Gasteiger partial charge in [0.25, 0.3) is 0 Å². The average Bonchev–Trinajstić information content (AvgIpc) is 2.65. The first-order chi connectivity index (χ1) is 7.04. The van der Waals surface area contributed by atoms with Crippen molar-refractivity contribution in [3.05, 3.63) is 23.0 Å². The predicted octanol–water partition coefficient (Wildman–Crippen LogP) is 2.76. The summed E-state index contributed by atoms with van der Waals surface area (Å²) >= 11 is 1.61. The van der Waals surface area contributed by atoms with E-state index in [1.54, 1.807) is 11.3 Å². The Morgan fingerprint density at radius 2 is 2.27 bits per heavy atom. The fourth-order valence-electron chi connectivity index (χ4n) is 1.68. The predicted molar refractivity (Wildman–Crippen MR) is 61.1 cm³/mol. The van der Waals surface area contributed by atoms with Crippen LogP contribution in [0.3, 0.4) is 0 Å². The van der Waals surface area contributed by atoms with Gasteiger partial charge >= 0.3 is 0 Å². The van der Waals surface area contributed by atoms with Gasteiger partial charge in [0, 0.05) is 17.0 Å². The normalized spacial score (nSPS) is 11.9. The molecule has 0 saturated heterocycles. The molecule has 2 aromatic heterocycles. The minimum absolute atomic E-state index is 0.00206. The van der Waals surface area contributed by atoms with E-state index in [1.165, 1.54) is 0 Å². The van der Waals surface area contributed by atoms with Crippen molar-refractivity contribution in [2.45, 2.75) is 32.6 Å². The van der Waals surface area contributed by atoms with Crippen LogP contribution < -0.4 is 0 Å². The van der Waals surface area contributed by atoms with Crippen LogP contribution >= 0.6 is 11.3 Å². The van der Waals surface area contributed by atoms with E-state index >= 15 is 0 Å². The molecule has 0 aliphatic heterocycles. The average molecular weight is 219 g/mol. The fourth-order valence-corrected chi connectivity index (χ4v) is 2.41. The van der Waals surface area contributed by atoms with Crippen LogP contribution in [-0.2, 0) is 11.8 Å². The van der Waals surface area contributed by atoms with E-state index in [1.807, 2.05) is 16.0 Å². The lowest BCUT2D eigenvalue weighted by atomic mass is 9.90. The van der Waals surface area contributed by atoms with Crippen molar-refractivity contribution < 1.29 is 0 Å². The molecule has 0 spiro atoms. The maximum absolute atomic E-state index is 8.84. The van der Waals surface area contributed by atoms with E-state index in [2.05, 4.69) is 31.8 Å². The lowest BCUT2D eigenvalue weighted by molar-refractivity contribution is 0.566. The molecule has 0 aliphatic carbocycles. The Labute approximate surface area is 93.0 Å². The van der Waals surface area contributed by atoms with Crippen LogP contribution in [0.5, 0.6) is 0 Å². The van der Waals surface area contributed by atoms with E-state index in [9.17, 15) is 0 Å². The quantitative estimate of drug-likeness (QED) is 0.740. The van der Waals surface area contributed by atoms with Gasteiger partial charge in [-0.2, -0.15) is 5.26 Å². The number of thiazole rings is 1. The number of hydrogen-bond donors (Lipinski definition) is 0. The zero-order valence-corrected chi connectivity index (χ0v) is 9.93. The third-order valence-electron chi connectivity index (χ3n) is 2.32. The van der Waals surface area contributed by atoms with Gasteiger partial charge in [0.2, 0.25) is 0 Å². The first kappa shape index (κ1) is 10.2. The number of hydrogen-bond acceptors (Lipinski definition) is 3. The second-order valence-corrected chi connectivity index (χ2v) is 5.42. The molecular formula is C11H13N3S. The van der Waals surface area contributed by atoms with Crippen LogP contribution in [0, 0.1) is 11.3 Å². The molecule has 0 fully saturated rings. The molecule has 3 nitrogen and oxygen atoms in total. The van der Waals surface area contributed by atoms with Gasteiger partial charge in [0.05, 0.1) is 23.9 Å². The summed E-state index contributed by atoms with van der Waals surface area (Å²) < 4.78 is 2.02. The number of aromatic nitrogens is 2. The third-order valence-corrected chi connectivity index (χ3v) is 3.07. The molecule has 2 rings (SSSR count). The van der Waals surface area contributed by atoms with E-state index in [0.717, 1.165) is 16.3 Å². The first-order valence-corrected chi connectivity index (χ1v) is 5.74. The molecule has 0 aliphatic rings. The van der Waals surface area contributed by atoms with E-state index < -0.39 is 0 Å². The Balaban J connectivity index is 2.68. The monoisotopic (exact) mass is 219 g/mol. The highest BCUT2D eigenvalue weighted by Gasteiger charge is 2.23. The summed E-state index contributed by atoms with van der Waals surface area (Å²) in [5.41, 5.74) is 2.06. The van der Waals surface area contributed by atoms with Gasteiger partial charge in [0.15, 0.2) is 4.96 Å². The maximum atomic E-state index is 8.84. The number of rotatable bonds is 1. The zero-order chi connectivity index (χ0) is 11.1. The van der Waals surface area contributed by atoms with Crippen molar-refractivity contribution in [1.29, 1.82) is 5.26 Å². The summed E-state index contributed by atoms with van der Waals surface area (Å²) in [5, 5.41) is 10.8. The van der Waals surface area contributed by atoms with Crippen LogP contribution in [-0.4, -0.2) is 9.38 Å². The fraction of sp³-hybridized carbons (Fsp3) is 0.455. The van der Waals surface area contributed by atoms with Gasteiger partial charge in [-0.25, -0.2) is 4.98 Å². The molecule has 0 radical (unpaired) electrons. The van der Waals surface area contributed by atoms with Crippen molar-refractivity contribution in [1.82, 2.24) is 9.38 Å². The molecule has 2 aromatic rings. The molecular weight excluding hydrogens is 206 g/mol. The summed E-state index contributed by atoms with van der Waals surface area (Å²) in [4.78, 5) is 5.57. The summed E-state index contributed by atoms with van der Waals surface area (Å²) in [6, 6.07) is 2.21. The lowest BCUT2D eigenvalue weighted by Gasteiger charge is -2.16. The van der Waals surface area contributed by atoms with Crippen molar-refractivity contribution in [3.8, 4) is 6.07 Å². The maximum Gasteiger partial charge on any atom is 0.194 e. The third kappa shape index (κ3) is 1.64. The number of fused-ring (bicyclic) bond motifs is 1. The molecule has 0 atom stereocenters. The highest BCUT2D eigenvalue weighted by molar-refractivity contribution is 7.15. The molecule has 0 amide bonds. The van der Waals surface area contributed by atoms with Crippen molar-refractivity contribution >= 4 is 16.3 Å². The highest BCUT2D eigenvalue weighted by Crippen LogP contribution is 2.28. The molecule has 0 N–H and O–H groups in total. The SMILES string of the molecule is CC(C)(C)c1nc2sccn2c1CC#N. The standard InChI is InChI=1S/C11H13N3S/c1-11(2,3)9-8(4-5-12)14-6-7-15-10(14)13-9/h6-7H,4H2,1-3H3. The van der Waals surface area contributed by atoms with E-state index in [4.69, 9.17) is 5.26 Å². The van der Waals surface area contributed by atoms with Crippen LogP contribution in [0.15, 0.2) is 11.6 Å². The van der Waals surface area contributed by atoms with Gasteiger partial charge in [-0.3, -0.25) is 4.40 Å². The van der Waals surface area contributed by atoms with E-state index in [0.29, 0.717) is 6.42 Å². The minimum atomic E-state index is -0.00206. The van der Waals surface area contributed by atoms with Gasteiger partial charge in [0.1, 0.15) is 0 Å². The van der Waals surface area contributed by atoms with Crippen LogP contribution in [0.4, 0.5) is 0 Å². The molecule has 0 unspecified atom stereocenters. The largest absolute Gasteiger partial charge is 0.293 e. The summed E-state index contributed by atoms with van der Waals surface area (Å²) in [7, 11) is 0. The lowest BCUT2D eigenvalue weighted by Crippen LogP contribution is -2.14. The molecule has 0 aromatic carbocycles. The first-order valence-electron chi connectivity index (χ1n) is 4.86. The highest BCUT2D eigenvalue weighted by atomic mass is 32.1. The minimum Gasteiger partial charge on any atom is -0.293 e. The molecule has 4 heteroatoms. The topological polar surface area (TPSA) is 41.1 Å². The molecule has 78 valence electrons. The van der Waals surface area contributed by atoms with Crippen molar-refractivity contribution in [2.24, 2.45) is 0 Å². The smallest absolute Gasteiger partial charge is 0.194 e. The van der Waals surface area contributed by atoms with Crippen LogP contribution in [0.2, 0.25) is 0 Å². The number of nitrogens with zero attached hydrogens (tertiary/aromatic N) is 3. The van der Waals surface area contributed by atoms with Gasteiger partial charge < -0.3 is 0 Å². The molecule has 0 bridgehead atoms. The van der Waals surface area contributed by atoms with Crippen LogP contribution in [0.1, 0.15) is 32.2 Å². The molecule has 0 saturated carbocycles. The zero-order valence-electron chi connectivity index (χ0n) is 9.11. The Hall–Kier alpha value is -1.34. The van der Waals surface area contributed by atoms with Gasteiger partial charge in [-0.15, -0.1) is 11.3 Å². The van der Waals surface area contributed by atoms with Gasteiger partial charge in [-0.1, -0.05) is 20.8 Å². The summed E-state index contributed by atoms with van der Waals surface area (Å²) in [6.45, 7) is 6.38. The Kier molecular flexibility index (Phi) is 2.28. The van der Waals surface area contributed by atoms with Crippen molar-refractivity contribution in [2.75, 3.05) is 0 Å². The Morgan fingerprint density at radius 1 is 1.53 bits per heavy atom. The van der Waals surface area contributed by atoms with Gasteiger partial charge in [-0.05, 0) is 0 Å².